The summed E-state index contributed by atoms with van der Waals surface area (Å²) in [6.45, 7) is 6.40. The Balaban J connectivity index is 0.00000300. The van der Waals surface area contributed by atoms with E-state index in [4.69, 9.17) is 19.2 Å². The number of aliphatic imine (C=N–C) groups is 1. The Morgan fingerprint density at radius 2 is 2.00 bits per heavy atom. The van der Waals surface area contributed by atoms with Crippen LogP contribution in [0.5, 0.6) is 11.5 Å². The number of nitrogens with zero attached hydrogens (tertiary/aromatic N) is 2. The SMILES string of the molecule is CCNC(=NCc1ccc(OC)cc1OC1CCCC1)N1CCC(COC)C1.I. The van der Waals surface area contributed by atoms with Crippen LogP contribution in [0.15, 0.2) is 23.2 Å². The molecule has 1 unspecified atom stereocenters. The van der Waals surface area contributed by atoms with E-state index in [0.29, 0.717) is 18.6 Å². The number of halogens is 1. The third-order valence-corrected chi connectivity index (χ3v) is 5.59. The maximum Gasteiger partial charge on any atom is 0.194 e. The molecule has 6 nitrogen and oxygen atoms in total. The minimum absolute atomic E-state index is 0. The van der Waals surface area contributed by atoms with Crippen LogP contribution in [-0.2, 0) is 11.3 Å². The smallest absolute Gasteiger partial charge is 0.194 e. The van der Waals surface area contributed by atoms with Gasteiger partial charge in [0.1, 0.15) is 11.5 Å². The third-order valence-electron chi connectivity index (χ3n) is 5.59. The highest BCUT2D eigenvalue weighted by atomic mass is 127. The van der Waals surface area contributed by atoms with Crippen LogP contribution in [0.25, 0.3) is 0 Å². The van der Waals surface area contributed by atoms with Gasteiger partial charge in [-0.15, -0.1) is 24.0 Å². The molecule has 1 saturated heterocycles. The van der Waals surface area contributed by atoms with E-state index in [-0.39, 0.29) is 24.0 Å². The summed E-state index contributed by atoms with van der Waals surface area (Å²) >= 11 is 0. The number of likely N-dealkylation sites (tertiary alicyclic amines) is 1. The van der Waals surface area contributed by atoms with Gasteiger partial charge in [-0.05, 0) is 51.2 Å². The molecule has 1 aliphatic carbocycles. The van der Waals surface area contributed by atoms with Crippen molar-refractivity contribution in [1.82, 2.24) is 10.2 Å². The van der Waals surface area contributed by atoms with Crippen LogP contribution in [0.4, 0.5) is 0 Å². The van der Waals surface area contributed by atoms with Gasteiger partial charge in [0, 0.05) is 44.3 Å². The van der Waals surface area contributed by atoms with Crippen molar-refractivity contribution in [3.63, 3.8) is 0 Å². The van der Waals surface area contributed by atoms with Crippen molar-refractivity contribution in [2.75, 3.05) is 40.5 Å². The first kappa shape index (κ1) is 24.1. The fourth-order valence-electron chi connectivity index (χ4n) is 4.07. The largest absolute Gasteiger partial charge is 0.497 e. The van der Waals surface area contributed by atoms with Crippen LogP contribution < -0.4 is 14.8 Å². The van der Waals surface area contributed by atoms with E-state index in [0.717, 1.165) is 68.5 Å². The molecule has 2 aliphatic rings. The zero-order chi connectivity index (χ0) is 19.8. The van der Waals surface area contributed by atoms with Crippen molar-refractivity contribution >= 4 is 29.9 Å². The monoisotopic (exact) mass is 517 g/mol. The maximum atomic E-state index is 6.32. The average molecular weight is 517 g/mol. The second kappa shape index (κ2) is 12.5. The number of guanidine groups is 1. The van der Waals surface area contributed by atoms with Crippen molar-refractivity contribution < 1.29 is 14.2 Å². The summed E-state index contributed by atoms with van der Waals surface area (Å²) in [5, 5.41) is 3.44. The lowest BCUT2D eigenvalue weighted by Crippen LogP contribution is -2.40. The molecule has 29 heavy (non-hydrogen) atoms. The first-order chi connectivity index (χ1) is 13.7. The number of methoxy groups -OCH3 is 2. The molecule has 0 amide bonds. The molecule has 1 aliphatic heterocycles. The molecule has 164 valence electrons. The summed E-state index contributed by atoms with van der Waals surface area (Å²) in [6.07, 6.45) is 6.25. The van der Waals surface area contributed by atoms with Crippen LogP contribution in [0.3, 0.4) is 0 Å². The molecule has 0 radical (unpaired) electrons. The molecule has 0 spiro atoms. The van der Waals surface area contributed by atoms with Gasteiger partial charge in [0.25, 0.3) is 0 Å². The van der Waals surface area contributed by atoms with Gasteiger partial charge in [-0.3, -0.25) is 0 Å². The molecule has 0 aromatic heterocycles. The van der Waals surface area contributed by atoms with Gasteiger partial charge >= 0.3 is 0 Å². The molecule has 1 aromatic carbocycles. The van der Waals surface area contributed by atoms with Gasteiger partial charge in [0.15, 0.2) is 5.96 Å². The molecular formula is C22H36IN3O3. The van der Waals surface area contributed by atoms with E-state index in [1.165, 1.54) is 12.8 Å². The van der Waals surface area contributed by atoms with Crippen molar-refractivity contribution in [3.05, 3.63) is 23.8 Å². The van der Waals surface area contributed by atoms with Crippen molar-refractivity contribution in [1.29, 1.82) is 0 Å². The van der Waals surface area contributed by atoms with Crippen LogP contribution >= 0.6 is 24.0 Å². The maximum absolute atomic E-state index is 6.32. The van der Waals surface area contributed by atoms with Gasteiger partial charge < -0.3 is 24.4 Å². The number of benzene rings is 1. The standard InChI is InChI=1S/C22H35N3O3.HI/c1-4-23-22(25-12-11-17(15-25)16-26-2)24-14-18-9-10-20(27-3)13-21(18)28-19-7-5-6-8-19;/h9-10,13,17,19H,4-8,11-12,14-16H2,1-3H3,(H,23,24);1H. The number of hydrogen-bond donors (Lipinski definition) is 1. The number of hydrogen-bond acceptors (Lipinski definition) is 4. The second-order valence-electron chi connectivity index (χ2n) is 7.72. The van der Waals surface area contributed by atoms with E-state index in [1.54, 1.807) is 14.2 Å². The number of ether oxygens (including phenoxy) is 3. The Kier molecular flexibility index (Phi) is 10.3. The highest BCUT2D eigenvalue weighted by Gasteiger charge is 2.25. The van der Waals surface area contributed by atoms with E-state index in [9.17, 15) is 0 Å². The molecule has 2 fully saturated rings. The third kappa shape index (κ3) is 6.91. The molecule has 1 atom stereocenters. The zero-order valence-electron chi connectivity index (χ0n) is 18.0. The molecule has 1 aromatic rings. The van der Waals surface area contributed by atoms with E-state index in [1.807, 2.05) is 12.1 Å². The predicted molar refractivity (Wildman–Crippen MR) is 128 cm³/mol. The minimum Gasteiger partial charge on any atom is -0.497 e. The molecule has 1 saturated carbocycles. The second-order valence-corrected chi connectivity index (χ2v) is 7.72. The van der Waals surface area contributed by atoms with Gasteiger partial charge in [0.2, 0.25) is 0 Å². The average Bonchev–Trinajstić information content (AvgIpc) is 3.38. The Bertz CT molecular complexity index is 650. The van der Waals surface area contributed by atoms with E-state index < -0.39 is 0 Å². The molecule has 1 N–H and O–H groups in total. The van der Waals surface area contributed by atoms with Crippen molar-refractivity contribution in [2.45, 2.75) is 51.7 Å². The summed E-state index contributed by atoms with van der Waals surface area (Å²) < 4.78 is 17.1. The quantitative estimate of drug-likeness (QED) is 0.320. The Morgan fingerprint density at radius 3 is 2.69 bits per heavy atom. The zero-order valence-corrected chi connectivity index (χ0v) is 20.3. The first-order valence-corrected chi connectivity index (χ1v) is 10.6. The summed E-state index contributed by atoms with van der Waals surface area (Å²) in [5.41, 5.74) is 1.11. The van der Waals surface area contributed by atoms with Gasteiger partial charge in [0.05, 0.1) is 26.4 Å². The molecule has 0 bridgehead atoms. The van der Waals surface area contributed by atoms with E-state index in [2.05, 4.69) is 23.2 Å². The Morgan fingerprint density at radius 1 is 1.21 bits per heavy atom. The van der Waals surface area contributed by atoms with E-state index >= 15 is 0 Å². The fraction of sp³-hybridized carbons (Fsp3) is 0.682. The highest BCUT2D eigenvalue weighted by Crippen LogP contribution is 2.30. The minimum atomic E-state index is 0. The Hall–Kier alpha value is -1.22. The topological polar surface area (TPSA) is 55.3 Å². The lowest BCUT2D eigenvalue weighted by atomic mass is 10.1. The van der Waals surface area contributed by atoms with Gasteiger partial charge in [-0.1, -0.05) is 0 Å². The molecular weight excluding hydrogens is 481 g/mol. The number of rotatable bonds is 8. The van der Waals surface area contributed by atoms with Crippen LogP contribution in [0.1, 0.15) is 44.6 Å². The molecule has 1 heterocycles. The highest BCUT2D eigenvalue weighted by molar-refractivity contribution is 14.0. The van der Waals surface area contributed by atoms with Crippen molar-refractivity contribution in [3.8, 4) is 11.5 Å². The van der Waals surface area contributed by atoms with Crippen molar-refractivity contribution in [2.24, 2.45) is 10.9 Å². The summed E-state index contributed by atoms with van der Waals surface area (Å²) in [5.74, 6) is 3.29. The van der Waals surface area contributed by atoms with Gasteiger partial charge in [-0.2, -0.15) is 0 Å². The fourth-order valence-corrected chi connectivity index (χ4v) is 4.07. The Labute approximate surface area is 192 Å². The predicted octanol–water partition coefficient (Wildman–Crippen LogP) is 4.07. The van der Waals surface area contributed by atoms with Crippen LogP contribution in [-0.4, -0.2) is 57.4 Å². The van der Waals surface area contributed by atoms with Crippen LogP contribution in [0, 0.1) is 5.92 Å². The molecule has 7 heteroatoms. The summed E-state index contributed by atoms with van der Waals surface area (Å²) in [4.78, 5) is 7.26. The lowest BCUT2D eigenvalue weighted by molar-refractivity contribution is 0.157. The first-order valence-electron chi connectivity index (χ1n) is 10.6. The van der Waals surface area contributed by atoms with Crippen LogP contribution in [0.2, 0.25) is 0 Å². The van der Waals surface area contributed by atoms with Gasteiger partial charge in [-0.25, -0.2) is 4.99 Å². The lowest BCUT2D eigenvalue weighted by Gasteiger charge is -2.22. The summed E-state index contributed by atoms with van der Waals surface area (Å²) in [7, 11) is 3.47. The normalized spacial score (nSPS) is 19.9. The molecule has 3 rings (SSSR count). The summed E-state index contributed by atoms with van der Waals surface area (Å²) in [6, 6.07) is 6.07. The number of nitrogens with one attached hydrogen (secondary N) is 1.